The zero-order valence-electron chi connectivity index (χ0n) is 11.9. The first-order valence-corrected chi connectivity index (χ1v) is 8.43. The summed E-state index contributed by atoms with van der Waals surface area (Å²) in [5.41, 5.74) is 1.26. The maximum absolute atomic E-state index is 12.6. The first-order valence-electron chi connectivity index (χ1n) is 6.88. The van der Waals surface area contributed by atoms with Crippen LogP contribution in [0.2, 0.25) is 10.0 Å². The summed E-state index contributed by atoms with van der Waals surface area (Å²) in [5, 5.41) is 4.13. The summed E-state index contributed by atoms with van der Waals surface area (Å²) in [4.78, 5) is 18.6. The molecule has 118 valence electrons. The highest BCUT2D eigenvalue weighted by molar-refractivity contribution is 9.10. The van der Waals surface area contributed by atoms with Crippen LogP contribution in [0, 0.1) is 0 Å². The number of benzene rings is 2. The van der Waals surface area contributed by atoms with Crippen LogP contribution in [0.15, 0.2) is 51.9 Å². The van der Waals surface area contributed by atoms with E-state index in [2.05, 4.69) is 26.2 Å². The van der Waals surface area contributed by atoms with Crippen molar-refractivity contribution in [2.45, 2.75) is 0 Å². The van der Waals surface area contributed by atoms with E-state index in [0.29, 0.717) is 40.3 Å². The molecule has 0 fully saturated rings. The number of carbonyl (C=O) groups is 1. The fourth-order valence-electron chi connectivity index (χ4n) is 2.21. The molecule has 3 rings (SSSR count). The lowest BCUT2D eigenvalue weighted by atomic mass is 10.2. The molecule has 23 heavy (non-hydrogen) atoms. The van der Waals surface area contributed by atoms with Crippen molar-refractivity contribution in [3.8, 4) is 0 Å². The quantitative estimate of drug-likeness (QED) is 0.778. The van der Waals surface area contributed by atoms with Crippen molar-refractivity contribution in [3.63, 3.8) is 0 Å². The van der Waals surface area contributed by atoms with Gasteiger partial charge in [0.05, 0.1) is 17.3 Å². The van der Waals surface area contributed by atoms with Crippen molar-refractivity contribution in [2.24, 2.45) is 4.99 Å². The number of carbonyl (C=O) groups excluding carboxylic acids is 1. The van der Waals surface area contributed by atoms with E-state index in [1.165, 1.54) is 0 Å². The van der Waals surface area contributed by atoms with Gasteiger partial charge in [0.15, 0.2) is 0 Å². The maximum Gasteiger partial charge on any atom is 0.260 e. The molecule has 2 aromatic rings. The number of rotatable bonds is 2. The third-order valence-corrected chi connectivity index (χ3v) is 4.43. The van der Waals surface area contributed by atoms with Gasteiger partial charge >= 0.3 is 0 Å². The Balaban J connectivity index is 1.80. The van der Waals surface area contributed by atoms with Crippen LogP contribution in [0.4, 0.5) is 5.69 Å². The normalized spacial score (nSPS) is 13.9. The van der Waals surface area contributed by atoms with Gasteiger partial charge in [0, 0.05) is 21.6 Å². The van der Waals surface area contributed by atoms with Crippen LogP contribution in [0.3, 0.4) is 0 Å². The highest BCUT2D eigenvalue weighted by Crippen LogP contribution is 2.26. The van der Waals surface area contributed by atoms with Gasteiger partial charge < -0.3 is 5.32 Å². The van der Waals surface area contributed by atoms with E-state index >= 15 is 0 Å². The van der Waals surface area contributed by atoms with E-state index in [-0.39, 0.29) is 5.91 Å². The topological polar surface area (TPSA) is 44.7 Å². The smallest absolute Gasteiger partial charge is 0.260 e. The molecule has 0 atom stereocenters. The van der Waals surface area contributed by atoms with Gasteiger partial charge in [-0.2, -0.15) is 0 Å². The maximum atomic E-state index is 12.6. The van der Waals surface area contributed by atoms with E-state index in [1.807, 2.05) is 12.1 Å². The minimum absolute atomic E-state index is 0.105. The highest BCUT2D eigenvalue weighted by atomic mass is 79.9. The Morgan fingerprint density at radius 2 is 1.91 bits per heavy atom. The predicted molar refractivity (Wildman–Crippen MR) is 97.6 cm³/mol. The fourth-order valence-corrected chi connectivity index (χ4v) is 2.93. The molecule has 0 spiro atoms. The molecular formula is C16H12BrCl2N3O. The van der Waals surface area contributed by atoms with Crippen molar-refractivity contribution in [2.75, 3.05) is 18.4 Å². The van der Waals surface area contributed by atoms with Crippen LogP contribution in [-0.2, 0) is 0 Å². The fraction of sp³-hybridized carbons (Fsp3) is 0.125. The lowest BCUT2D eigenvalue weighted by Gasteiger charge is -2.20. The third kappa shape index (κ3) is 3.68. The van der Waals surface area contributed by atoms with Gasteiger partial charge in [0.25, 0.3) is 5.91 Å². The molecule has 0 saturated heterocycles. The lowest BCUT2D eigenvalue weighted by molar-refractivity contribution is 0.0858. The van der Waals surface area contributed by atoms with E-state index in [4.69, 9.17) is 23.2 Å². The van der Waals surface area contributed by atoms with Crippen molar-refractivity contribution in [1.82, 2.24) is 4.90 Å². The Hall–Kier alpha value is -1.56. The average Bonchev–Trinajstić information content (AvgIpc) is 2.98. The monoisotopic (exact) mass is 411 g/mol. The summed E-state index contributed by atoms with van der Waals surface area (Å²) < 4.78 is 0.926. The van der Waals surface area contributed by atoms with E-state index in [0.717, 1.165) is 4.47 Å². The zero-order valence-corrected chi connectivity index (χ0v) is 15.0. The molecule has 0 bridgehead atoms. The second-order valence-corrected chi connectivity index (χ2v) is 6.68. The number of nitrogens with one attached hydrogen (secondary N) is 1. The highest BCUT2D eigenvalue weighted by Gasteiger charge is 2.25. The summed E-state index contributed by atoms with van der Waals surface area (Å²) in [7, 11) is 0. The summed E-state index contributed by atoms with van der Waals surface area (Å²) in [6.45, 7) is 1.08. The number of anilines is 1. The van der Waals surface area contributed by atoms with Crippen LogP contribution < -0.4 is 5.32 Å². The average molecular weight is 413 g/mol. The van der Waals surface area contributed by atoms with Gasteiger partial charge in [0.1, 0.15) is 0 Å². The van der Waals surface area contributed by atoms with Crippen LogP contribution in [0.25, 0.3) is 0 Å². The predicted octanol–water partition coefficient (Wildman–Crippen LogP) is 4.68. The number of hydrogen-bond donors (Lipinski definition) is 1. The summed E-state index contributed by atoms with van der Waals surface area (Å²) in [6, 6.07) is 12.4. The molecule has 1 amide bonds. The molecule has 1 heterocycles. The summed E-state index contributed by atoms with van der Waals surface area (Å²) in [6.07, 6.45) is 0. The van der Waals surface area contributed by atoms with Crippen LogP contribution in [0.5, 0.6) is 0 Å². The second-order valence-electron chi connectivity index (χ2n) is 4.92. The van der Waals surface area contributed by atoms with Gasteiger partial charge in [-0.05, 0) is 42.5 Å². The molecule has 4 nitrogen and oxygen atoms in total. The molecule has 1 aliphatic heterocycles. The molecule has 0 aromatic heterocycles. The molecular weight excluding hydrogens is 401 g/mol. The van der Waals surface area contributed by atoms with Crippen LogP contribution in [0.1, 0.15) is 10.4 Å². The van der Waals surface area contributed by atoms with Crippen molar-refractivity contribution in [1.29, 1.82) is 0 Å². The van der Waals surface area contributed by atoms with Crippen molar-refractivity contribution in [3.05, 3.63) is 62.5 Å². The van der Waals surface area contributed by atoms with E-state index in [9.17, 15) is 4.79 Å². The van der Waals surface area contributed by atoms with Crippen molar-refractivity contribution < 1.29 is 4.79 Å². The van der Waals surface area contributed by atoms with Gasteiger partial charge in [0.2, 0.25) is 5.96 Å². The Bertz CT molecular complexity index is 777. The Morgan fingerprint density at radius 3 is 2.61 bits per heavy atom. The number of aliphatic imine (C=N–C) groups is 1. The Kier molecular flexibility index (Phi) is 4.90. The number of hydrogen-bond acceptors (Lipinski definition) is 3. The largest absolute Gasteiger partial charge is 0.324 e. The van der Waals surface area contributed by atoms with Crippen LogP contribution >= 0.6 is 39.1 Å². The van der Waals surface area contributed by atoms with Gasteiger partial charge in [-0.1, -0.05) is 39.1 Å². The molecule has 1 aliphatic rings. The van der Waals surface area contributed by atoms with Gasteiger partial charge in [-0.25, -0.2) is 0 Å². The number of halogens is 3. The third-order valence-electron chi connectivity index (χ3n) is 3.35. The van der Waals surface area contributed by atoms with E-state index in [1.54, 1.807) is 35.2 Å². The summed E-state index contributed by atoms with van der Waals surface area (Å²) >= 11 is 15.4. The standard InChI is InChI=1S/C16H12BrCl2N3O/c17-11-3-1-10(2-4-11)15(23)22-8-7-20-16(22)21-14-6-5-12(18)9-13(14)19/h1-6,9H,7-8H2,(H,20,21). The molecule has 7 heteroatoms. The summed E-state index contributed by atoms with van der Waals surface area (Å²) in [5.74, 6) is 0.383. The molecule has 0 saturated carbocycles. The molecule has 2 aromatic carbocycles. The van der Waals surface area contributed by atoms with Crippen molar-refractivity contribution >= 4 is 56.7 Å². The number of amides is 1. The first kappa shape index (κ1) is 16.3. The lowest BCUT2D eigenvalue weighted by Crippen LogP contribution is -2.38. The minimum Gasteiger partial charge on any atom is -0.324 e. The van der Waals surface area contributed by atoms with E-state index < -0.39 is 0 Å². The first-order chi connectivity index (χ1) is 11.0. The Labute approximate surface area is 152 Å². The van der Waals surface area contributed by atoms with Gasteiger partial charge in [-0.3, -0.25) is 14.7 Å². The number of nitrogens with zero attached hydrogens (tertiary/aromatic N) is 2. The molecule has 0 radical (unpaired) electrons. The minimum atomic E-state index is -0.105. The molecule has 0 unspecified atom stereocenters. The SMILES string of the molecule is O=C(c1ccc(Br)cc1)N1CCN=C1Nc1ccc(Cl)cc1Cl. The number of guanidine groups is 1. The van der Waals surface area contributed by atoms with Gasteiger partial charge in [-0.15, -0.1) is 0 Å². The van der Waals surface area contributed by atoms with Crippen LogP contribution in [-0.4, -0.2) is 29.9 Å². The zero-order chi connectivity index (χ0) is 16.4. The molecule has 1 N–H and O–H groups in total. The second kappa shape index (κ2) is 6.91. The Morgan fingerprint density at radius 1 is 1.17 bits per heavy atom. The molecule has 0 aliphatic carbocycles.